The summed E-state index contributed by atoms with van der Waals surface area (Å²) in [6.07, 6.45) is 10.0. The summed E-state index contributed by atoms with van der Waals surface area (Å²) in [4.78, 5) is 4.78. The first-order valence-electron chi connectivity index (χ1n) is 8.22. The Labute approximate surface area is 134 Å². The summed E-state index contributed by atoms with van der Waals surface area (Å²) < 4.78 is 8.06. The number of rotatable bonds is 3. The number of pyridine rings is 1. The van der Waals surface area contributed by atoms with E-state index in [2.05, 4.69) is 15.3 Å². The van der Waals surface area contributed by atoms with Crippen molar-refractivity contribution in [3.8, 4) is 17.1 Å². The Hall–Kier alpha value is -2.37. The quantitative estimate of drug-likeness (QED) is 0.805. The largest absolute Gasteiger partial charge is 0.474 e. The van der Waals surface area contributed by atoms with Gasteiger partial charge in [0.1, 0.15) is 6.10 Å². The zero-order valence-corrected chi connectivity index (χ0v) is 13.5. The Balaban J connectivity index is 1.78. The van der Waals surface area contributed by atoms with Crippen LogP contribution >= 0.6 is 0 Å². The highest BCUT2D eigenvalue weighted by Crippen LogP contribution is 2.32. The Kier molecular flexibility index (Phi) is 3.52. The van der Waals surface area contributed by atoms with Crippen LogP contribution in [0.3, 0.4) is 0 Å². The molecule has 3 aromatic rings. The highest BCUT2D eigenvalue weighted by molar-refractivity contribution is 5.89. The zero-order chi connectivity index (χ0) is 15.8. The monoisotopic (exact) mass is 311 g/mol. The third-order valence-electron chi connectivity index (χ3n) is 4.52. The van der Waals surface area contributed by atoms with Gasteiger partial charge in [0, 0.05) is 18.8 Å². The number of aromatic nitrogens is 5. The molecule has 0 aromatic carbocycles. The van der Waals surface area contributed by atoms with Crippen LogP contribution in [0, 0.1) is 6.92 Å². The molecular formula is C17H21N5O. The van der Waals surface area contributed by atoms with Gasteiger partial charge in [-0.3, -0.25) is 9.78 Å². The lowest BCUT2D eigenvalue weighted by Crippen LogP contribution is -2.20. The first kappa shape index (κ1) is 14.2. The van der Waals surface area contributed by atoms with E-state index in [0.717, 1.165) is 40.7 Å². The minimum absolute atomic E-state index is 0.262. The second-order valence-corrected chi connectivity index (χ2v) is 6.32. The second-order valence-electron chi connectivity index (χ2n) is 6.32. The van der Waals surface area contributed by atoms with Crippen LogP contribution in [0.5, 0.6) is 5.88 Å². The standard InChI is InChI=1S/C17H21N5O/c1-11-16-15(21-20-11)8-14(12-9-18-22(2)10-12)19-17(16)23-13-6-4-3-5-7-13/h8-10,13H,3-7H2,1-2H3,(H,20,21). The molecule has 23 heavy (non-hydrogen) atoms. The Morgan fingerprint density at radius 1 is 1.26 bits per heavy atom. The van der Waals surface area contributed by atoms with E-state index in [-0.39, 0.29) is 6.10 Å². The summed E-state index contributed by atoms with van der Waals surface area (Å²) in [6.45, 7) is 1.98. The first-order chi connectivity index (χ1) is 11.2. The fourth-order valence-electron chi connectivity index (χ4n) is 3.29. The topological polar surface area (TPSA) is 68.6 Å². The summed E-state index contributed by atoms with van der Waals surface area (Å²) in [5.74, 6) is 0.694. The molecule has 1 aliphatic rings. The molecule has 6 nitrogen and oxygen atoms in total. The molecule has 0 spiro atoms. The Bertz CT molecular complexity index is 829. The van der Waals surface area contributed by atoms with Crippen molar-refractivity contribution in [2.75, 3.05) is 0 Å². The fraction of sp³-hybridized carbons (Fsp3) is 0.471. The molecule has 120 valence electrons. The number of H-pyrrole nitrogens is 1. The van der Waals surface area contributed by atoms with E-state index < -0.39 is 0 Å². The van der Waals surface area contributed by atoms with Crippen LogP contribution in [0.1, 0.15) is 37.8 Å². The highest BCUT2D eigenvalue weighted by atomic mass is 16.5. The van der Waals surface area contributed by atoms with E-state index in [1.165, 1.54) is 19.3 Å². The van der Waals surface area contributed by atoms with Crippen molar-refractivity contribution >= 4 is 10.9 Å². The van der Waals surface area contributed by atoms with Crippen LogP contribution in [0.4, 0.5) is 0 Å². The van der Waals surface area contributed by atoms with Crippen molar-refractivity contribution in [3.63, 3.8) is 0 Å². The smallest absolute Gasteiger partial charge is 0.225 e. The van der Waals surface area contributed by atoms with Gasteiger partial charge in [0.25, 0.3) is 0 Å². The van der Waals surface area contributed by atoms with Gasteiger partial charge in [-0.15, -0.1) is 0 Å². The van der Waals surface area contributed by atoms with Gasteiger partial charge in [-0.2, -0.15) is 10.2 Å². The van der Waals surface area contributed by atoms with Gasteiger partial charge in [0.15, 0.2) is 0 Å². The Morgan fingerprint density at radius 2 is 2.09 bits per heavy atom. The molecule has 1 fully saturated rings. The lowest BCUT2D eigenvalue weighted by Gasteiger charge is -2.23. The maximum absolute atomic E-state index is 6.28. The number of aryl methyl sites for hydroxylation is 2. The molecule has 4 rings (SSSR count). The van der Waals surface area contributed by atoms with Gasteiger partial charge in [0.05, 0.1) is 28.5 Å². The normalized spacial score (nSPS) is 16.1. The van der Waals surface area contributed by atoms with Gasteiger partial charge in [0.2, 0.25) is 5.88 Å². The first-order valence-corrected chi connectivity index (χ1v) is 8.22. The van der Waals surface area contributed by atoms with Gasteiger partial charge in [-0.05, 0) is 38.7 Å². The van der Waals surface area contributed by atoms with Crippen molar-refractivity contribution in [1.29, 1.82) is 0 Å². The van der Waals surface area contributed by atoms with Crippen molar-refractivity contribution in [2.45, 2.75) is 45.1 Å². The molecule has 0 radical (unpaired) electrons. The molecule has 1 saturated carbocycles. The molecule has 0 bridgehead atoms. The summed E-state index contributed by atoms with van der Waals surface area (Å²) in [7, 11) is 1.90. The molecule has 0 unspecified atom stereocenters. The minimum atomic E-state index is 0.262. The predicted molar refractivity (Wildman–Crippen MR) is 88.3 cm³/mol. The van der Waals surface area contributed by atoms with Crippen molar-refractivity contribution in [3.05, 3.63) is 24.2 Å². The average molecular weight is 311 g/mol. The van der Waals surface area contributed by atoms with Crippen molar-refractivity contribution in [1.82, 2.24) is 25.0 Å². The lowest BCUT2D eigenvalue weighted by molar-refractivity contribution is 0.151. The molecule has 0 atom stereocenters. The van der Waals surface area contributed by atoms with E-state index in [4.69, 9.17) is 9.72 Å². The number of fused-ring (bicyclic) bond motifs is 1. The van der Waals surface area contributed by atoms with E-state index in [1.807, 2.05) is 32.4 Å². The fourth-order valence-corrected chi connectivity index (χ4v) is 3.29. The number of nitrogens with one attached hydrogen (secondary N) is 1. The van der Waals surface area contributed by atoms with Crippen LogP contribution in [-0.4, -0.2) is 31.1 Å². The third-order valence-corrected chi connectivity index (χ3v) is 4.52. The average Bonchev–Trinajstić information content (AvgIpc) is 3.15. The lowest BCUT2D eigenvalue weighted by atomic mass is 9.98. The number of ether oxygens (including phenoxy) is 1. The van der Waals surface area contributed by atoms with Crippen LogP contribution in [0.15, 0.2) is 18.5 Å². The maximum Gasteiger partial charge on any atom is 0.225 e. The second kappa shape index (κ2) is 5.68. The molecule has 0 saturated heterocycles. The molecule has 1 aliphatic carbocycles. The minimum Gasteiger partial charge on any atom is -0.474 e. The van der Waals surface area contributed by atoms with Crippen LogP contribution in [-0.2, 0) is 7.05 Å². The van der Waals surface area contributed by atoms with Gasteiger partial charge in [-0.25, -0.2) is 4.98 Å². The SMILES string of the molecule is Cc1n[nH]c2cc(-c3cnn(C)c3)nc(OC3CCCCC3)c12. The van der Waals surface area contributed by atoms with E-state index >= 15 is 0 Å². The summed E-state index contributed by atoms with van der Waals surface area (Å²) in [6, 6.07) is 2.01. The van der Waals surface area contributed by atoms with Gasteiger partial charge < -0.3 is 4.74 Å². The maximum atomic E-state index is 6.28. The summed E-state index contributed by atoms with van der Waals surface area (Å²) in [5, 5.41) is 12.6. The molecule has 3 aromatic heterocycles. The molecular weight excluding hydrogens is 290 g/mol. The van der Waals surface area contributed by atoms with Gasteiger partial charge in [-0.1, -0.05) is 6.42 Å². The molecule has 6 heteroatoms. The van der Waals surface area contributed by atoms with Crippen LogP contribution < -0.4 is 4.74 Å². The van der Waals surface area contributed by atoms with E-state index in [1.54, 1.807) is 4.68 Å². The molecule has 0 amide bonds. The van der Waals surface area contributed by atoms with Gasteiger partial charge >= 0.3 is 0 Å². The number of hydrogen-bond acceptors (Lipinski definition) is 4. The van der Waals surface area contributed by atoms with E-state index in [9.17, 15) is 0 Å². The highest BCUT2D eigenvalue weighted by Gasteiger charge is 2.20. The number of aromatic amines is 1. The summed E-state index contributed by atoms with van der Waals surface area (Å²) >= 11 is 0. The Morgan fingerprint density at radius 3 is 2.83 bits per heavy atom. The third kappa shape index (κ3) is 2.69. The molecule has 3 heterocycles. The number of hydrogen-bond donors (Lipinski definition) is 1. The van der Waals surface area contributed by atoms with Crippen molar-refractivity contribution < 1.29 is 4.74 Å². The van der Waals surface area contributed by atoms with E-state index in [0.29, 0.717) is 5.88 Å². The predicted octanol–water partition coefficient (Wildman–Crippen LogP) is 3.38. The molecule has 1 N–H and O–H groups in total. The number of nitrogens with zero attached hydrogens (tertiary/aromatic N) is 4. The van der Waals surface area contributed by atoms with Crippen LogP contribution in [0.25, 0.3) is 22.2 Å². The van der Waals surface area contributed by atoms with Crippen molar-refractivity contribution in [2.24, 2.45) is 7.05 Å². The zero-order valence-electron chi connectivity index (χ0n) is 13.5. The van der Waals surface area contributed by atoms with Crippen LogP contribution in [0.2, 0.25) is 0 Å². The molecule has 0 aliphatic heterocycles. The summed E-state index contributed by atoms with van der Waals surface area (Å²) in [5.41, 5.74) is 3.73.